The first-order chi connectivity index (χ1) is 9.33. The third kappa shape index (κ3) is 2.85. The second-order valence-corrected chi connectivity index (χ2v) is 6.51. The summed E-state index contributed by atoms with van der Waals surface area (Å²) in [5.74, 6) is 0. The molecule has 20 heavy (non-hydrogen) atoms. The Morgan fingerprint density at radius 2 is 1.95 bits per heavy atom. The fourth-order valence-electron chi connectivity index (χ4n) is 2.05. The topological polar surface area (TPSA) is 64.0 Å². The molecule has 1 aromatic carbocycles. The maximum atomic E-state index is 12.4. The van der Waals surface area contributed by atoms with Gasteiger partial charge in [0.15, 0.2) is 0 Å². The highest BCUT2D eigenvalue weighted by Gasteiger charge is 2.20. The van der Waals surface area contributed by atoms with Gasteiger partial charge in [0.05, 0.1) is 11.4 Å². The van der Waals surface area contributed by atoms with E-state index >= 15 is 0 Å². The molecule has 0 radical (unpaired) electrons. The van der Waals surface area contributed by atoms with Crippen LogP contribution in [0.1, 0.15) is 23.7 Å². The molecule has 0 bridgehead atoms. The van der Waals surface area contributed by atoms with Gasteiger partial charge in [-0.2, -0.15) is 5.10 Å². The lowest BCUT2D eigenvalue weighted by Crippen LogP contribution is -2.14. The molecule has 1 N–H and O–H groups in total. The molecule has 0 spiro atoms. The van der Waals surface area contributed by atoms with E-state index in [-0.39, 0.29) is 4.90 Å². The van der Waals surface area contributed by atoms with Crippen LogP contribution >= 0.6 is 0 Å². The summed E-state index contributed by atoms with van der Waals surface area (Å²) < 4.78 is 29.1. The monoisotopic (exact) mass is 293 g/mol. The van der Waals surface area contributed by atoms with E-state index in [1.54, 1.807) is 23.9 Å². The van der Waals surface area contributed by atoms with Crippen molar-refractivity contribution in [2.24, 2.45) is 0 Å². The van der Waals surface area contributed by atoms with Gasteiger partial charge in [0.2, 0.25) is 0 Å². The van der Waals surface area contributed by atoms with Crippen LogP contribution in [-0.4, -0.2) is 18.2 Å². The van der Waals surface area contributed by atoms with Crippen molar-refractivity contribution < 1.29 is 8.42 Å². The first-order valence-corrected chi connectivity index (χ1v) is 7.96. The molecule has 0 aliphatic heterocycles. The Morgan fingerprint density at radius 1 is 1.25 bits per heavy atom. The average Bonchev–Trinajstić information content (AvgIpc) is 2.75. The molecule has 0 amide bonds. The number of hydrogen-bond donors (Lipinski definition) is 1. The Morgan fingerprint density at radius 3 is 2.50 bits per heavy atom. The number of nitrogens with zero attached hydrogens (tertiary/aromatic N) is 2. The molecule has 5 nitrogen and oxygen atoms in total. The van der Waals surface area contributed by atoms with Gasteiger partial charge in [-0.3, -0.25) is 9.40 Å². The summed E-state index contributed by atoms with van der Waals surface area (Å²) in [6.45, 7) is 8.11. The third-order valence-electron chi connectivity index (χ3n) is 3.14. The van der Waals surface area contributed by atoms with E-state index < -0.39 is 10.0 Å². The predicted molar refractivity (Wildman–Crippen MR) is 79.4 cm³/mol. The lowest BCUT2D eigenvalue weighted by Gasteiger charge is -2.10. The maximum Gasteiger partial charge on any atom is 0.265 e. The molecular weight excluding hydrogens is 274 g/mol. The van der Waals surface area contributed by atoms with E-state index in [1.165, 1.54) is 0 Å². The third-order valence-corrected chi connectivity index (χ3v) is 4.61. The molecule has 2 rings (SSSR count). The van der Waals surface area contributed by atoms with Crippen molar-refractivity contribution in [3.63, 3.8) is 0 Å². The highest BCUT2D eigenvalue weighted by atomic mass is 32.2. The SMILES string of the molecule is CCn1cc(S(=O)(=O)Nc2ccc(C)cc2C)c(C)n1. The summed E-state index contributed by atoms with van der Waals surface area (Å²) in [5.41, 5.74) is 3.10. The molecule has 0 fully saturated rings. The van der Waals surface area contributed by atoms with Gasteiger partial charge in [-0.25, -0.2) is 8.42 Å². The van der Waals surface area contributed by atoms with Crippen LogP contribution in [0.2, 0.25) is 0 Å². The van der Waals surface area contributed by atoms with Crippen LogP contribution in [0.4, 0.5) is 5.69 Å². The second-order valence-electron chi connectivity index (χ2n) is 4.86. The fraction of sp³-hybridized carbons (Fsp3) is 0.357. The van der Waals surface area contributed by atoms with E-state index in [9.17, 15) is 8.42 Å². The summed E-state index contributed by atoms with van der Waals surface area (Å²) in [7, 11) is -3.60. The molecule has 0 aliphatic carbocycles. The van der Waals surface area contributed by atoms with Crippen molar-refractivity contribution in [3.05, 3.63) is 41.2 Å². The van der Waals surface area contributed by atoms with E-state index in [2.05, 4.69) is 9.82 Å². The van der Waals surface area contributed by atoms with Crippen LogP contribution in [0.3, 0.4) is 0 Å². The minimum absolute atomic E-state index is 0.222. The predicted octanol–water partition coefficient (Wildman–Crippen LogP) is 2.63. The molecule has 2 aromatic rings. The van der Waals surface area contributed by atoms with Gasteiger partial charge in [-0.15, -0.1) is 0 Å². The Kier molecular flexibility index (Phi) is 3.85. The molecule has 0 unspecified atom stereocenters. The Balaban J connectivity index is 2.38. The quantitative estimate of drug-likeness (QED) is 0.942. The number of nitrogens with one attached hydrogen (secondary N) is 1. The van der Waals surface area contributed by atoms with Gasteiger partial charge in [-0.1, -0.05) is 17.7 Å². The Bertz CT molecular complexity index is 733. The van der Waals surface area contributed by atoms with Crippen molar-refractivity contribution in [3.8, 4) is 0 Å². The molecule has 6 heteroatoms. The molecule has 1 aromatic heterocycles. The number of aryl methyl sites for hydroxylation is 4. The van der Waals surface area contributed by atoms with Crippen LogP contribution in [0.25, 0.3) is 0 Å². The van der Waals surface area contributed by atoms with Gasteiger partial charge in [0.1, 0.15) is 4.90 Å². The number of sulfonamides is 1. The molecule has 0 aliphatic rings. The zero-order valence-corrected chi connectivity index (χ0v) is 13.0. The highest BCUT2D eigenvalue weighted by molar-refractivity contribution is 7.92. The number of rotatable bonds is 4. The van der Waals surface area contributed by atoms with Gasteiger partial charge >= 0.3 is 0 Å². The Labute approximate surface area is 119 Å². The lowest BCUT2D eigenvalue weighted by molar-refractivity contribution is 0.600. The number of benzene rings is 1. The van der Waals surface area contributed by atoms with Gasteiger partial charge in [0.25, 0.3) is 10.0 Å². The standard InChI is InChI=1S/C14H19N3O2S/c1-5-17-9-14(12(4)15-17)20(18,19)16-13-7-6-10(2)8-11(13)3/h6-9,16H,5H2,1-4H3. The summed E-state index contributed by atoms with van der Waals surface area (Å²) in [6, 6.07) is 5.61. The molecule has 0 atom stereocenters. The van der Waals surface area contributed by atoms with Crippen molar-refractivity contribution in [1.82, 2.24) is 9.78 Å². The van der Waals surface area contributed by atoms with Crippen LogP contribution < -0.4 is 4.72 Å². The normalized spacial score (nSPS) is 11.6. The maximum absolute atomic E-state index is 12.4. The summed E-state index contributed by atoms with van der Waals surface area (Å²) >= 11 is 0. The highest BCUT2D eigenvalue weighted by Crippen LogP contribution is 2.22. The van der Waals surface area contributed by atoms with Crippen molar-refractivity contribution in [2.75, 3.05) is 4.72 Å². The van der Waals surface area contributed by atoms with Crippen LogP contribution in [0.5, 0.6) is 0 Å². The first-order valence-electron chi connectivity index (χ1n) is 6.47. The van der Waals surface area contributed by atoms with Gasteiger partial charge in [0, 0.05) is 12.7 Å². The molecule has 0 saturated heterocycles. The van der Waals surface area contributed by atoms with E-state index in [4.69, 9.17) is 0 Å². The minimum Gasteiger partial charge on any atom is -0.279 e. The van der Waals surface area contributed by atoms with Crippen LogP contribution in [-0.2, 0) is 16.6 Å². The van der Waals surface area contributed by atoms with Crippen molar-refractivity contribution in [1.29, 1.82) is 0 Å². The summed E-state index contributed by atoms with van der Waals surface area (Å²) in [4.78, 5) is 0.222. The lowest BCUT2D eigenvalue weighted by atomic mass is 10.1. The minimum atomic E-state index is -3.60. The number of anilines is 1. The van der Waals surface area contributed by atoms with Crippen molar-refractivity contribution in [2.45, 2.75) is 39.1 Å². The zero-order chi connectivity index (χ0) is 14.9. The van der Waals surface area contributed by atoms with E-state index in [0.29, 0.717) is 17.9 Å². The van der Waals surface area contributed by atoms with Gasteiger partial charge in [-0.05, 0) is 39.3 Å². The molecule has 0 saturated carbocycles. The average molecular weight is 293 g/mol. The van der Waals surface area contributed by atoms with Crippen LogP contribution in [0.15, 0.2) is 29.3 Å². The summed E-state index contributed by atoms with van der Waals surface area (Å²) in [5, 5.41) is 4.17. The number of hydrogen-bond acceptors (Lipinski definition) is 3. The second kappa shape index (κ2) is 5.28. The number of aromatic nitrogens is 2. The van der Waals surface area contributed by atoms with E-state index in [0.717, 1.165) is 11.1 Å². The largest absolute Gasteiger partial charge is 0.279 e. The first kappa shape index (κ1) is 14.6. The summed E-state index contributed by atoms with van der Waals surface area (Å²) in [6.07, 6.45) is 1.56. The molecule has 1 heterocycles. The van der Waals surface area contributed by atoms with Crippen molar-refractivity contribution >= 4 is 15.7 Å². The molecular formula is C14H19N3O2S. The smallest absolute Gasteiger partial charge is 0.265 e. The van der Waals surface area contributed by atoms with Crippen LogP contribution in [0, 0.1) is 20.8 Å². The fourth-order valence-corrected chi connectivity index (χ4v) is 3.37. The molecule has 108 valence electrons. The Hall–Kier alpha value is -1.82. The van der Waals surface area contributed by atoms with Gasteiger partial charge < -0.3 is 0 Å². The zero-order valence-electron chi connectivity index (χ0n) is 12.1. The van der Waals surface area contributed by atoms with E-state index in [1.807, 2.05) is 32.9 Å².